The van der Waals surface area contributed by atoms with Crippen LogP contribution in [0.1, 0.15) is 56.0 Å². The summed E-state index contributed by atoms with van der Waals surface area (Å²) in [5.74, 6) is -2.38. The number of esters is 1. The first-order valence-electron chi connectivity index (χ1n) is 16.4. The minimum atomic E-state index is -1.33. The molecule has 10 nitrogen and oxygen atoms in total. The van der Waals surface area contributed by atoms with Crippen LogP contribution in [0.25, 0.3) is 0 Å². The lowest BCUT2D eigenvalue weighted by molar-refractivity contribution is -0.156. The van der Waals surface area contributed by atoms with Gasteiger partial charge in [-0.2, -0.15) is 0 Å². The average Bonchev–Trinajstić information content (AvgIpc) is 3.07. The molecule has 4 rings (SSSR count). The molecule has 0 aliphatic rings. The lowest BCUT2D eigenvalue weighted by Gasteiger charge is -2.23. The number of carbonyl (C=O) groups excluding carboxylic acids is 4. The van der Waals surface area contributed by atoms with Gasteiger partial charge in [-0.1, -0.05) is 89.9 Å². The third-order valence-electron chi connectivity index (χ3n) is 7.62. The van der Waals surface area contributed by atoms with Gasteiger partial charge in [0.25, 0.3) is 5.56 Å². The Labute approximate surface area is 307 Å². The highest BCUT2D eigenvalue weighted by atomic mass is 35.5. The van der Waals surface area contributed by atoms with Gasteiger partial charge in [0, 0.05) is 34.1 Å². The maximum atomic E-state index is 13.8. The molecule has 0 aliphatic carbocycles. The average molecular weight is 735 g/mol. The van der Waals surface area contributed by atoms with Gasteiger partial charge in [-0.05, 0) is 62.6 Å². The largest absolute Gasteiger partial charge is 0.460 e. The maximum absolute atomic E-state index is 13.8. The van der Waals surface area contributed by atoms with Crippen LogP contribution in [0.3, 0.4) is 0 Å². The summed E-state index contributed by atoms with van der Waals surface area (Å²) in [5, 5.41) is 6.01. The Morgan fingerprint density at radius 1 is 0.804 bits per heavy atom. The third kappa shape index (κ3) is 12.5. The summed E-state index contributed by atoms with van der Waals surface area (Å²) in [6.07, 6.45) is 0.470. The molecular weight excluding hydrogens is 693 g/mol. The topological polar surface area (TPSA) is 133 Å². The van der Waals surface area contributed by atoms with Crippen molar-refractivity contribution in [3.8, 4) is 0 Å². The number of Topliss-reactive ketones (excluding diaryl/α,β-unsaturated/α-hetero) is 1. The molecule has 0 bridgehead atoms. The van der Waals surface area contributed by atoms with Gasteiger partial charge in [-0.25, -0.2) is 0 Å². The minimum Gasteiger partial charge on any atom is -0.460 e. The first kappa shape index (κ1) is 39.0. The van der Waals surface area contributed by atoms with Crippen LogP contribution in [-0.4, -0.2) is 46.4 Å². The molecule has 0 radical (unpaired) electrons. The van der Waals surface area contributed by atoms with Crippen molar-refractivity contribution >= 4 is 52.5 Å². The van der Waals surface area contributed by atoms with Gasteiger partial charge in [-0.15, -0.1) is 0 Å². The van der Waals surface area contributed by atoms with E-state index in [1.807, 2.05) is 60.7 Å². The first-order valence-corrected chi connectivity index (χ1v) is 17.2. The number of ketones is 1. The van der Waals surface area contributed by atoms with Crippen LogP contribution >= 0.6 is 23.2 Å². The van der Waals surface area contributed by atoms with Gasteiger partial charge in [0.15, 0.2) is 5.78 Å². The molecule has 2 N–H and O–H groups in total. The standard InChI is InChI=1S/C39H41Cl2N3O7/c1-39(2,3)51-37(48)22-33(34(45)25-50-24-29-30(40)15-10-16-31(29)41)43-36(47)23-44-28(21-27-13-8-5-9-14-27)18-19-32(38(44)49)42-35(46)20-17-26-11-6-4-7-12-26/h4-16,18-19,33H,17,20-25H2,1-3H3,(H,42,46)(H,43,47). The van der Waals surface area contributed by atoms with E-state index in [0.29, 0.717) is 34.1 Å². The zero-order valence-corrected chi connectivity index (χ0v) is 30.3. The number of aryl methyl sites for hydroxylation is 1. The number of nitrogens with one attached hydrogen (secondary N) is 2. The summed E-state index contributed by atoms with van der Waals surface area (Å²) in [5.41, 5.74) is 1.43. The summed E-state index contributed by atoms with van der Waals surface area (Å²) >= 11 is 12.4. The Balaban J connectivity index is 1.53. The van der Waals surface area contributed by atoms with Crippen molar-refractivity contribution in [1.29, 1.82) is 0 Å². The predicted octanol–water partition coefficient (Wildman–Crippen LogP) is 6.32. The van der Waals surface area contributed by atoms with E-state index in [1.165, 1.54) is 10.6 Å². The van der Waals surface area contributed by atoms with Crippen LogP contribution in [0, 0.1) is 0 Å². The van der Waals surface area contributed by atoms with E-state index in [-0.39, 0.29) is 24.6 Å². The van der Waals surface area contributed by atoms with Gasteiger partial charge in [-0.3, -0.25) is 24.0 Å². The molecule has 0 saturated heterocycles. The summed E-state index contributed by atoms with van der Waals surface area (Å²) < 4.78 is 12.3. The number of nitrogens with zero attached hydrogens (tertiary/aromatic N) is 1. The summed E-state index contributed by atoms with van der Waals surface area (Å²) in [6, 6.07) is 25.7. The van der Waals surface area contributed by atoms with E-state index >= 15 is 0 Å². The van der Waals surface area contributed by atoms with E-state index in [2.05, 4.69) is 10.6 Å². The number of anilines is 1. The van der Waals surface area contributed by atoms with Crippen LogP contribution in [0.15, 0.2) is 95.8 Å². The Morgan fingerprint density at radius 2 is 1.43 bits per heavy atom. The van der Waals surface area contributed by atoms with E-state index in [0.717, 1.165) is 11.1 Å². The Kier molecular flexibility index (Phi) is 14.1. The zero-order valence-electron chi connectivity index (χ0n) is 28.7. The molecule has 51 heavy (non-hydrogen) atoms. The number of pyridine rings is 1. The molecule has 0 saturated carbocycles. The number of ether oxygens (including phenoxy) is 2. The fourth-order valence-corrected chi connectivity index (χ4v) is 5.67. The molecule has 4 aromatic rings. The number of benzene rings is 3. The highest BCUT2D eigenvalue weighted by Gasteiger charge is 2.28. The van der Waals surface area contributed by atoms with Crippen molar-refractivity contribution in [3.05, 3.63) is 134 Å². The lowest BCUT2D eigenvalue weighted by Crippen LogP contribution is -2.46. The fraction of sp³-hybridized carbons (Fsp3) is 0.308. The zero-order chi connectivity index (χ0) is 37.0. The predicted molar refractivity (Wildman–Crippen MR) is 197 cm³/mol. The van der Waals surface area contributed by atoms with Crippen molar-refractivity contribution in [1.82, 2.24) is 9.88 Å². The molecule has 0 spiro atoms. The van der Waals surface area contributed by atoms with Crippen molar-refractivity contribution in [2.45, 2.75) is 71.2 Å². The van der Waals surface area contributed by atoms with E-state index in [4.69, 9.17) is 32.7 Å². The number of hydrogen-bond donors (Lipinski definition) is 2. The SMILES string of the molecule is CC(C)(C)OC(=O)CC(NC(=O)Cn1c(Cc2ccccc2)ccc(NC(=O)CCc2ccccc2)c1=O)C(=O)COCc1c(Cl)cccc1Cl. The molecule has 1 atom stereocenters. The van der Waals surface area contributed by atoms with Crippen LogP contribution in [0.2, 0.25) is 10.0 Å². The second-order valence-corrected chi connectivity index (χ2v) is 13.7. The number of hydrogen-bond acceptors (Lipinski definition) is 7. The molecule has 1 aromatic heterocycles. The monoisotopic (exact) mass is 733 g/mol. The third-order valence-corrected chi connectivity index (χ3v) is 8.33. The second kappa shape index (κ2) is 18.5. The van der Waals surface area contributed by atoms with Crippen molar-refractivity contribution in [2.24, 2.45) is 0 Å². The summed E-state index contributed by atoms with van der Waals surface area (Å²) in [7, 11) is 0. The second-order valence-electron chi connectivity index (χ2n) is 12.9. The molecule has 0 fully saturated rings. The first-order chi connectivity index (χ1) is 24.3. The Hall–Kier alpha value is -4.77. The Bertz CT molecular complexity index is 1870. The van der Waals surface area contributed by atoms with Gasteiger partial charge in [0.1, 0.15) is 30.5 Å². The number of rotatable bonds is 16. The lowest BCUT2D eigenvalue weighted by atomic mass is 10.1. The van der Waals surface area contributed by atoms with E-state index in [1.54, 1.807) is 45.0 Å². The molecular formula is C39H41Cl2N3O7. The molecule has 3 aromatic carbocycles. The molecule has 1 heterocycles. The normalized spacial score (nSPS) is 11.8. The highest BCUT2D eigenvalue weighted by Crippen LogP contribution is 2.25. The fourth-order valence-electron chi connectivity index (χ4n) is 5.16. The molecule has 12 heteroatoms. The quantitative estimate of drug-likeness (QED) is 0.129. The van der Waals surface area contributed by atoms with Crippen molar-refractivity contribution in [2.75, 3.05) is 11.9 Å². The van der Waals surface area contributed by atoms with E-state index in [9.17, 15) is 24.0 Å². The van der Waals surface area contributed by atoms with Gasteiger partial charge in [0.05, 0.1) is 13.0 Å². The Morgan fingerprint density at radius 3 is 2.06 bits per heavy atom. The molecule has 268 valence electrons. The van der Waals surface area contributed by atoms with Gasteiger partial charge < -0.3 is 24.7 Å². The van der Waals surface area contributed by atoms with E-state index < -0.39 is 54.4 Å². The summed E-state index contributed by atoms with van der Waals surface area (Å²) in [6.45, 7) is 4.00. The van der Waals surface area contributed by atoms with Crippen LogP contribution in [0.5, 0.6) is 0 Å². The van der Waals surface area contributed by atoms with Crippen LogP contribution in [-0.2, 0) is 54.6 Å². The molecule has 1 unspecified atom stereocenters. The highest BCUT2D eigenvalue weighted by molar-refractivity contribution is 6.35. The van der Waals surface area contributed by atoms with Gasteiger partial charge >= 0.3 is 5.97 Å². The summed E-state index contributed by atoms with van der Waals surface area (Å²) in [4.78, 5) is 66.4. The number of aromatic nitrogens is 1. The van der Waals surface area contributed by atoms with Crippen LogP contribution < -0.4 is 16.2 Å². The molecule has 2 amide bonds. The van der Waals surface area contributed by atoms with Gasteiger partial charge in [0.2, 0.25) is 11.8 Å². The van der Waals surface area contributed by atoms with Crippen LogP contribution in [0.4, 0.5) is 5.69 Å². The molecule has 0 aliphatic heterocycles. The minimum absolute atomic E-state index is 0.00527. The smallest absolute Gasteiger partial charge is 0.308 e. The van der Waals surface area contributed by atoms with Crippen molar-refractivity contribution in [3.63, 3.8) is 0 Å². The number of amides is 2. The number of carbonyl (C=O) groups is 4. The number of halogens is 2. The maximum Gasteiger partial charge on any atom is 0.308 e. The van der Waals surface area contributed by atoms with Crippen molar-refractivity contribution < 1.29 is 28.7 Å².